The second-order valence-corrected chi connectivity index (χ2v) is 6.09. The monoisotopic (exact) mass is 349 g/mol. The number of para-hydroxylation sites is 1. The molecule has 3 aromatic rings. The lowest BCUT2D eigenvalue weighted by atomic mass is 9.89. The number of fused-ring (bicyclic) bond motifs is 1. The van der Waals surface area contributed by atoms with E-state index in [1.165, 1.54) is 0 Å². The molecule has 132 valence electrons. The molecular weight excluding hydrogens is 330 g/mol. The summed E-state index contributed by atoms with van der Waals surface area (Å²) in [6, 6.07) is 15.4. The van der Waals surface area contributed by atoms with Crippen LogP contribution in [0.3, 0.4) is 0 Å². The molecule has 26 heavy (non-hydrogen) atoms. The number of hydrogen-bond donors (Lipinski definition) is 1. The van der Waals surface area contributed by atoms with Gasteiger partial charge in [-0.2, -0.15) is 0 Å². The van der Waals surface area contributed by atoms with E-state index in [2.05, 4.69) is 10.3 Å². The molecule has 1 aliphatic heterocycles. The fraction of sp³-hybridized carbons (Fsp3) is 0.200. The summed E-state index contributed by atoms with van der Waals surface area (Å²) in [5.41, 5.74) is 2.71. The van der Waals surface area contributed by atoms with Gasteiger partial charge in [0.2, 0.25) is 5.91 Å². The molecule has 1 aliphatic rings. The first-order chi connectivity index (χ1) is 12.7. The molecule has 0 fully saturated rings. The van der Waals surface area contributed by atoms with Crippen molar-refractivity contribution in [1.29, 1.82) is 0 Å². The van der Waals surface area contributed by atoms with E-state index in [1.54, 1.807) is 20.5 Å². The molecule has 0 saturated carbocycles. The molecular formula is C20H19N3O3. The minimum atomic E-state index is -0.144. The van der Waals surface area contributed by atoms with Crippen molar-refractivity contribution in [2.45, 2.75) is 12.3 Å². The Morgan fingerprint density at radius 3 is 2.58 bits per heavy atom. The van der Waals surface area contributed by atoms with Gasteiger partial charge < -0.3 is 14.8 Å². The van der Waals surface area contributed by atoms with Gasteiger partial charge in [-0.15, -0.1) is 0 Å². The van der Waals surface area contributed by atoms with Gasteiger partial charge in [0.15, 0.2) is 0 Å². The first-order valence-corrected chi connectivity index (χ1v) is 8.35. The number of nitrogens with one attached hydrogen (secondary N) is 1. The average molecular weight is 349 g/mol. The highest BCUT2D eigenvalue weighted by Gasteiger charge is 2.32. The zero-order chi connectivity index (χ0) is 18.1. The number of anilines is 1. The minimum absolute atomic E-state index is 0.0383. The highest BCUT2D eigenvalue weighted by Crippen LogP contribution is 2.40. The maximum atomic E-state index is 12.4. The molecule has 0 radical (unpaired) electrons. The van der Waals surface area contributed by atoms with Crippen molar-refractivity contribution >= 4 is 11.7 Å². The molecule has 6 nitrogen and oxygen atoms in total. The first-order valence-electron chi connectivity index (χ1n) is 8.35. The van der Waals surface area contributed by atoms with Gasteiger partial charge in [-0.25, -0.2) is 4.98 Å². The maximum Gasteiger partial charge on any atom is 0.226 e. The van der Waals surface area contributed by atoms with Crippen molar-refractivity contribution < 1.29 is 14.3 Å². The summed E-state index contributed by atoms with van der Waals surface area (Å²) >= 11 is 0. The van der Waals surface area contributed by atoms with Gasteiger partial charge in [-0.1, -0.05) is 18.2 Å². The van der Waals surface area contributed by atoms with E-state index in [4.69, 9.17) is 9.47 Å². The Morgan fingerprint density at radius 2 is 1.85 bits per heavy atom. The maximum absolute atomic E-state index is 12.4. The molecule has 2 heterocycles. The van der Waals surface area contributed by atoms with Gasteiger partial charge in [-0.3, -0.25) is 9.36 Å². The number of aromatic nitrogens is 2. The number of rotatable bonds is 4. The van der Waals surface area contributed by atoms with E-state index in [0.717, 1.165) is 28.4 Å². The van der Waals surface area contributed by atoms with Gasteiger partial charge in [0, 0.05) is 23.6 Å². The number of carbonyl (C=O) groups is 1. The van der Waals surface area contributed by atoms with E-state index in [-0.39, 0.29) is 11.8 Å². The predicted molar refractivity (Wildman–Crippen MR) is 98.2 cm³/mol. The van der Waals surface area contributed by atoms with Crippen molar-refractivity contribution in [2.24, 2.45) is 0 Å². The van der Waals surface area contributed by atoms with Crippen molar-refractivity contribution in [3.63, 3.8) is 0 Å². The summed E-state index contributed by atoms with van der Waals surface area (Å²) < 4.78 is 12.6. The summed E-state index contributed by atoms with van der Waals surface area (Å²) in [5.74, 6) is 2.05. The summed E-state index contributed by atoms with van der Waals surface area (Å²) in [6.45, 7) is 0. The van der Waals surface area contributed by atoms with E-state index in [0.29, 0.717) is 12.2 Å². The molecule has 1 amide bonds. The Hall–Kier alpha value is -3.28. The summed E-state index contributed by atoms with van der Waals surface area (Å²) in [7, 11) is 3.27. The van der Waals surface area contributed by atoms with E-state index < -0.39 is 0 Å². The molecule has 0 spiro atoms. The Kier molecular flexibility index (Phi) is 4.08. The van der Waals surface area contributed by atoms with Gasteiger partial charge in [0.1, 0.15) is 23.6 Å². The van der Waals surface area contributed by atoms with Gasteiger partial charge in [0.25, 0.3) is 0 Å². The summed E-state index contributed by atoms with van der Waals surface area (Å²) in [6.07, 6.45) is 2.08. The van der Waals surface area contributed by atoms with Crippen LogP contribution in [0.4, 0.5) is 5.82 Å². The number of imidazole rings is 1. The molecule has 1 atom stereocenters. The predicted octanol–water partition coefficient (Wildman–Crippen LogP) is 3.36. The smallest absolute Gasteiger partial charge is 0.226 e. The minimum Gasteiger partial charge on any atom is -0.497 e. The molecule has 0 unspecified atom stereocenters. The molecule has 0 aliphatic carbocycles. The SMILES string of the molecule is COc1ccc(-n2cnc3c2NC(=O)C[C@@H]3c2ccccc2OC)cc1. The molecule has 1 aromatic heterocycles. The van der Waals surface area contributed by atoms with Crippen LogP contribution in [0.2, 0.25) is 0 Å². The number of nitrogens with zero attached hydrogens (tertiary/aromatic N) is 2. The molecule has 0 bridgehead atoms. The quantitative estimate of drug-likeness (QED) is 0.784. The lowest BCUT2D eigenvalue weighted by Gasteiger charge is -2.24. The lowest BCUT2D eigenvalue weighted by molar-refractivity contribution is -0.116. The average Bonchev–Trinajstić information content (AvgIpc) is 3.11. The first kappa shape index (κ1) is 16.2. The lowest BCUT2D eigenvalue weighted by Crippen LogP contribution is -2.25. The van der Waals surface area contributed by atoms with Crippen LogP contribution in [0, 0.1) is 0 Å². The van der Waals surface area contributed by atoms with Crippen molar-refractivity contribution in [1.82, 2.24) is 9.55 Å². The number of benzene rings is 2. The van der Waals surface area contributed by atoms with E-state index in [1.807, 2.05) is 53.1 Å². The number of ether oxygens (including phenoxy) is 2. The number of hydrogen-bond acceptors (Lipinski definition) is 4. The zero-order valence-corrected chi connectivity index (χ0v) is 14.6. The van der Waals surface area contributed by atoms with Gasteiger partial charge >= 0.3 is 0 Å². The van der Waals surface area contributed by atoms with Crippen LogP contribution in [0.5, 0.6) is 11.5 Å². The Bertz CT molecular complexity index is 947. The Labute approximate surface area is 151 Å². The van der Waals surface area contributed by atoms with E-state index >= 15 is 0 Å². The number of carbonyl (C=O) groups excluding carboxylic acids is 1. The van der Waals surface area contributed by atoms with Crippen LogP contribution >= 0.6 is 0 Å². The van der Waals surface area contributed by atoms with E-state index in [9.17, 15) is 4.79 Å². The fourth-order valence-corrected chi connectivity index (χ4v) is 3.36. The molecule has 2 aromatic carbocycles. The van der Waals surface area contributed by atoms with Crippen molar-refractivity contribution in [3.8, 4) is 17.2 Å². The zero-order valence-electron chi connectivity index (χ0n) is 14.6. The highest BCUT2D eigenvalue weighted by atomic mass is 16.5. The molecule has 4 rings (SSSR count). The van der Waals surface area contributed by atoms with Gasteiger partial charge in [0.05, 0.1) is 19.9 Å². The molecule has 0 saturated heterocycles. The van der Waals surface area contributed by atoms with Crippen molar-refractivity contribution in [2.75, 3.05) is 19.5 Å². The Balaban J connectivity index is 1.80. The molecule has 6 heteroatoms. The largest absolute Gasteiger partial charge is 0.497 e. The molecule has 1 N–H and O–H groups in total. The third-order valence-corrected chi connectivity index (χ3v) is 4.64. The van der Waals surface area contributed by atoms with Crippen LogP contribution in [0.15, 0.2) is 54.9 Å². The van der Waals surface area contributed by atoms with Crippen molar-refractivity contribution in [3.05, 3.63) is 66.1 Å². The summed E-state index contributed by atoms with van der Waals surface area (Å²) in [5, 5.41) is 2.96. The van der Waals surface area contributed by atoms with Crippen LogP contribution < -0.4 is 14.8 Å². The van der Waals surface area contributed by atoms with Crippen LogP contribution in [0.1, 0.15) is 23.6 Å². The van der Waals surface area contributed by atoms with Crippen LogP contribution in [-0.2, 0) is 4.79 Å². The third-order valence-electron chi connectivity index (χ3n) is 4.64. The van der Waals surface area contributed by atoms with Gasteiger partial charge in [-0.05, 0) is 30.3 Å². The topological polar surface area (TPSA) is 65.4 Å². The number of amides is 1. The second-order valence-electron chi connectivity index (χ2n) is 6.09. The second kappa shape index (κ2) is 6.55. The van der Waals surface area contributed by atoms with Crippen LogP contribution in [0.25, 0.3) is 5.69 Å². The fourth-order valence-electron chi connectivity index (χ4n) is 3.36. The number of methoxy groups -OCH3 is 2. The standard InChI is InChI=1S/C20H19N3O3/c1-25-14-9-7-13(8-10-14)23-12-21-19-16(11-18(24)22-20(19)23)15-5-3-4-6-17(15)26-2/h3-10,12,16H,11H2,1-2H3,(H,22,24)/t16-/m1/s1. The Morgan fingerprint density at radius 1 is 1.08 bits per heavy atom. The normalized spacial score (nSPS) is 15.9. The third kappa shape index (κ3) is 2.69. The van der Waals surface area contributed by atoms with Crippen LogP contribution in [-0.4, -0.2) is 29.7 Å². The summed E-state index contributed by atoms with van der Waals surface area (Å²) in [4.78, 5) is 17.0. The highest BCUT2D eigenvalue weighted by molar-refractivity contribution is 5.94.